The van der Waals surface area contributed by atoms with E-state index in [9.17, 15) is 18.0 Å². The Kier molecular flexibility index (Phi) is 4.66. The Bertz CT molecular complexity index is 721. The lowest BCUT2D eigenvalue weighted by Gasteiger charge is -2.04. The molecule has 0 saturated carbocycles. The van der Waals surface area contributed by atoms with Gasteiger partial charge in [0.1, 0.15) is 5.69 Å². The van der Waals surface area contributed by atoms with Gasteiger partial charge in [0.2, 0.25) is 0 Å². The van der Waals surface area contributed by atoms with E-state index in [4.69, 9.17) is 11.6 Å². The number of alkyl halides is 3. The highest BCUT2D eigenvalue weighted by Gasteiger charge is 2.31. The third-order valence-corrected chi connectivity index (χ3v) is 3.37. The van der Waals surface area contributed by atoms with Gasteiger partial charge < -0.3 is 0 Å². The summed E-state index contributed by atoms with van der Waals surface area (Å²) >= 11 is 5.88. The van der Waals surface area contributed by atoms with E-state index >= 15 is 0 Å². The summed E-state index contributed by atoms with van der Waals surface area (Å²) in [6, 6.07) is 6.99. The van der Waals surface area contributed by atoms with E-state index in [1.807, 2.05) is 0 Å². The van der Waals surface area contributed by atoms with Crippen molar-refractivity contribution in [2.45, 2.75) is 13.1 Å². The van der Waals surface area contributed by atoms with Crippen LogP contribution in [0.4, 0.5) is 13.2 Å². The van der Waals surface area contributed by atoms with E-state index < -0.39 is 11.9 Å². The van der Waals surface area contributed by atoms with Crippen molar-refractivity contribution < 1.29 is 18.0 Å². The van der Waals surface area contributed by atoms with Crippen molar-refractivity contribution in [3.8, 4) is 0 Å². The molecular formula is C16H11ClF3NO. The van der Waals surface area contributed by atoms with Gasteiger partial charge in [0.25, 0.3) is 0 Å². The number of carbonyl (C=O) groups is 1. The molecule has 1 aromatic carbocycles. The number of hydrogen-bond donors (Lipinski definition) is 0. The van der Waals surface area contributed by atoms with E-state index in [1.165, 1.54) is 18.2 Å². The standard InChI is InChI=1S/C16H11ClF3NO/c1-10-8-12(4-5-13(10)17)14(22)6-2-11-3-7-15(21-9-11)16(18,19)20/h2-9H,1H3. The fourth-order valence-electron chi connectivity index (χ4n) is 1.74. The molecule has 0 N–H and O–H groups in total. The van der Waals surface area contributed by atoms with Crippen molar-refractivity contribution in [2.75, 3.05) is 0 Å². The van der Waals surface area contributed by atoms with Crippen molar-refractivity contribution in [3.05, 3.63) is 70.0 Å². The highest BCUT2D eigenvalue weighted by Crippen LogP contribution is 2.27. The second-order valence-electron chi connectivity index (χ2n) is 4.64. The molecule has 2 aromatic rings. The van der Waals surface area contributed by atoms with Gasteiger partial charge in [-0.3, -0.25) is 9.78 Å². The molecule has 0 aliphatic rings. The number of carbonyl (C=O) groups excluding carboxylic acids is 1. The number of benzene rings is 1. The summed E-state index contributed by atoms with van der Waals surface area (Å²) in [5.74, 6) is -0.264. The zero-order valence-corrected chi connectivity index (χ0v) is 12.2. The van der Waals surface area contributed by atoms with Gasteiger partial charge in [0.15, 0.2) is 5.78 Å². The average molecular weight is 326 g/mol. The van der Waals surface area contributed by atoms with Crippen LogP contribution >= 0.6 is 11.6 Å². The van der Waals surface area contributed by atoms with Crippen LogP contribution in [0.2, 0.25) is 5.02 Å². The van der Waals surface area contributed by atoms with Crippen molar-refractivity contribution in [2.24, 2.45) is 0 Å². The summed E-state index contributed by atoms with van der Waals surface area (Å²) in [7, 11) is 0. The maximum absolute atomic E-state index is 12.4. The predicted octanol–water partition coefficient (Wildman–Crippen LogP) is 4.96. The fourth-order valence-corrected chi connectivity index (χ4v) is 1.86. The van der Waals surface area contributed by atoms with Crippen molar-refractivity contribution >= 4 is 23.5 Å². The van der Waals surface area contributed by atoms with Crippen molar-refractivity contribution in [1.82, 2.24) is 4.98 Å². The molecule has 0 radical (unpaired) electrons. The number of hydrogen-bond acceptors (Lipinski definition) is 2. The molecule has 1 heterocycles. The first kappa shape index (κ1) is 16.2. The topological polar surface area (TPSA) is 30.0 Å². The Balaban J connectivity index is 2.14. The molecule has 0 fully saturated rings. The van der Waals surface area contributed by atoms with Gasteiger partial charge in [-0.05, 0) is 54.5 Å². The molecule has 0 aliphatic heterocycles. The van der Waals surface area contributed by atoms with Crippen LogP contribution < -0.4 is 0 Å². The van der Waals surface area contributed by atoms with Crippen LogP contribution in [0, 0.1) is 6.92 Å². The number of nitrogens with zero attached hydrogens (tertiary/aromatic N) is 1. The van der Waals surface area contributed by atoms with Crippen LogP contribution in [-0.2, 0) is 6.18 Å². The van der Waals surface area contributed by atoms with Crippen LogP contribution in [0.25, 0.3) is 6.08 Å². The van der Waals surface area contributed by atoms with Crippen molar-refractivity contribution in [3.63, 3.8) is 0 Å². The lowest BCUT2D eigenvalue weighted by molar-refractivity contribution is -0.141. The number of aryl methyl sites for hydroxylation is 1. The van der Waals surface area contributed by atoms with Gasteiger partial charge >= 0.3 is 6.18 Å². The molecule has 0 atom stereocenters. The SMILES string of the molecule is Cc1cc(C(=O)C=Cc2ccc(C(F)(F)F)nc2)ccc1Cl. The molecule has 0 saturated heterocycles. The van der Waals surface area contributed by atoms with Gasteiger partial charge in [0, 0.05) is 16.8 Å². The molecule has 1 aromatic heterocycles. The van der Waals surface area contributed by atoms with Crippen LogP contribution in [0.5, 0.6) is 0 Å². The third kappa shape index (κ3) is 3.95. The quantitative estimate of drug-likeness (QED) is 0.590. The van der Waals surface area contributed by atoms with E-state index in [1.54, 1.807) is 25.1 Å². The largest absolute Gasteiger partial charge is 0.433 e. The van der Waals surface area contributed by atoms with E-state index in [2.05, 4.69) is 4.98 Å². The van der Waals surface area contributed by atoms with Crippen LogP contribution in [0.1, 0.15) is 27.2 Å². The monoisotopic (exact) mass is 325 g/mol. The summed E-state index contributed by atoms with van der Waals surface area (Å²) in [5.41, 5.74) is 0.673. The summed E-state index contributed by atoms with van der Waals surface area (Å²) in [6.07, 6.45) is -0.703. The second kappa shape index (κ2) is 6.32. The Labute approximate surface area is 130 Å². The van der Waals surface area contributed by atoms with Crippen LogP contribution in [-0.4, -0.2) is 10.8 Å². The number of allylic oxidation sites excluding steroid dienone is 1. The van der Waals surface area contributed by atoms with Gasteiger partial charge in [-0.1, -0.05) is 17.7 Å². The Morgan fingerprint density at radius 1 is 1.23 bits per heavy atom. The van der Waals surface area contributed by atoms with E-state index in [-0.39, 0.29) is 5.78 Å². The number of rotatable bonds is 3. The summed E-state index contributed by atoms with van der Waals surface area (Å²) < 4.78 is 37.1. The smallest absolute Gasteiger partial charge is 0.289 e. The molecule has 6 heteroatoms. The van der Waals surface area contributed by atoms with Gasteiger partial charge in [-0.15, -0.1) is 0 Å². The molecular weight excluding hydrogens is 315 g/mol. The molecule has 0 spiro atoms. The molecule has 22 heavy (non-hydrogen) atoms. The van der Waals surface area contributed by atoms with Gasteiger partial charge in [-0.2, -0.15) is 13.2 Å². The van der Waals surface area contributed by atoms with Crippen LogP contribution in [0.3, 0.4) is 0 Å². The molecule has 0 unspecified atom stereocenters. The van der Waals surface area contributed by atoms with E-state index in [0.717, 1.165) is 17.8 Å². The second-order valence-corrected chi connectivity index (χ2v) is 5.04. The first-order valence-electron chi connectivity index (χ1n) is 6.29. The zero-order chi connectivity index (χ0) is 16.3. The predicted molar refractivity (Wildman–Crippen MR) is 78.8 cm³/mol. The average Bonchev–Trinajstić information content (AvgIpc) is 2.47. The minimum Gasteiger partial charge on any atom is -0.289 e. The number of aromatic nitrogens is 1. The fraction of sp³-hybridized carbons (Fsp3) is 0.125. The van der Waals surface area contributed by atoms with Gasteiger partial charge in [-0.25, -0.2) is 0 Å². The van der Waals surface area contributed by atoms with Gasteiger partial charge in [0.05, 0.1) is 0 Å². The van der Waals surface area contributed by atoms with Crippen LogP contribution in [0.15, 0.2) is 42.6 Å². The normalized spacial score (nSPS) is 11.9. The molecule has 2 nitrogen and oxygen atoms in total. The Morgan fingerprint density at radius 3 is 2.50 bits per heavy atom. The first-order chi connectivity index (χ1) is 10.3. The molecule has 0 bridgehead atoms. The first-order valence-corrected chi connectivity index (χ1v) is 6.67. The molecule has 2 rings (SSSR count). The number of ketones is 1. The molecule has 0 amide bonds. The Morgan fingerprint density at radius 2 is 1.95 bits per heavy atom. The minimum atomic E-state index is -4.47. The highest BCUT2D eigenvalue weighted by atomic mass is 35.5. The minimum absolute atomic E-state index is 0.264. The highest BCUT2D eigenvalue weighted by molar-refractivity contribution is 6.31. The summed E-state index contributed by atoms with van der Waals surface area (Å²) in [6.45, 7) is 1.78. The lowest BCUT2D eigenvalue weighted by atomic mass is 10.1. The maximum atomic E-state index is 12.4. The lowest BCUT2D eigenvalue weighted by Crippen LogP contribution is -2.07. The summed E-state index contributed by atoms with van der Waals surface area (Å²) in [4.78, 5) is 15.3. The third-order valence-electron chi connectivity index (χ3n) is 2.95. The zero-order valence-electron chi connectivity index (χ0n) is 11.5. The summed E-state index contributed by atoms with van der Waals surface area (Å²) in [5, 5.41) is 0.562. The maximum Gasteiger partial charge on any atom is 0.433 e. The van der Waals surface area contributed by atoms with Crippen molar-refractivity contribution in [1.29, 1.82) is 0 Å². The Hall–Kier alpha value is -2.14. The van der Waals surface area contributed by atoms with E-state index in [0.29, 0.717) is 16.1 Å². The molecule has 0 aliphatic carbocycles. The number of pyridine rings is 1. The molecule has 114 valence electrons. The number of halogens is 4.